The largest absolute Gasteiger partial charge is 0.323 e. The average molecular weight is 181 g/mol. The fraction of sp³-hybridized carbons (Fsp3) is 1.00. The van der Waals surface area contributed by atoms with Crippen LogP contribution in [0.15, 0.2) is 0 Å². The Morgan fingerprint density at radius 1 is 1.50 bits per heavy atom. The summed E-state index contributed by atoms with van der Waals surface area (Å²) in [4.78, 5) is 0.304. The quantitative estimate of drug-likeness (QED) is 0.570. The number of alkyl halides is 1. The van der Waals surface area contributed by atoms with Crippen molar-refractivity contribution in [3.63, 3.8) is 0 Å². The Balaban J connectivity index is 2.15. The predicted octanol–water partition coefficient (Wildman–Crippen LogP) is 1.49. The summed E-state index contributed by atoms with van der Waals surface area (Å²) in [6.07, 6.45) is -0.0231. The Morgan fingerprint density at radius 3 is 2.12 bits per heavy atom. The Labute approximate surface area is 57.3 Å². The van der Waals surface area contributed by atoms with Crippen LogP contribution in [0.1, 0.15) is 13.8 Å². The first-order chi connectivity index (χ1) is 3.70. The number of ether oxygens (including phenoxy) is 2. The van der Waals surface area contributed by atoms with E-state index in [4.69, 9.17) is 9.47 Å². The summed E-state index contributed by atoms with van der Waals surface area (Å²) in [5.41, 5.74) is 0. The molecule has 1 heterocycles. The number of rotatable bonds is 1. The van der Waals surface area contributed by atoms with Crippen molar-refractivity contribution < 1.29 is 9.47 Å². The molecule has 8 heavy (non-hydrogen) atoms. The van der Waals surface area contributed by atoms with Crippen LogP contribution in [0, 0.1) is 0 Å². The van der Waals surface area contributed by atoms with E-state index in [2.05, 4.69) is 15.9 Å². The third-order valence-electron chi connectivity index (χ3n) is 1.03. The molecular weight excluding hydrogens is 172 g/mol. The third-order valence-corrected chi connectivity index (χ3v) is 1.46. The molecule has 0 aromatic rings. The van der Waals surface area contributed by atoms with Gasteiger partial charge >= 0.3 is 0 Å². The van der Waals surface area contributed by atoms with Gasteiger partial charge in [-0.05, 0) is 13.8 Å². The Morgan fingerprint density at radius 2 is 2.00 bits per heavy atom. The number of hydrogen-bond acceptors (Lipinski definition) is 2. The van der Waals surface area contributed by atoms with Gasteiger partial charge in [0.25, 0.3) is 0 Å². The van der Waals surface area contributed by atoms with Crippen molar-refractivity contribution in [2.45, 2.75) is 31.3 Å². The summed E-state index contributed by atoms with van der Waals surface area (Å²) in [7, 11) is 0. The van der Waals surface area contributed by atoms with Crippen LogP contribution >= 0.6 is 15.9 Å². The molecule has 0 bridgehead atoms. The van der Waals surface area contributed by atoms with E-state index in [0.717, 1.165) is 0 Å². The molecule has 0 spiro atoms. The molecule has 0 aliphatic carbocycles. The molecule has 1 saturated heterocycles. The van der Waals surface area contributed by atoms with Crippen molar-refractivity contribution >= 4 is 15.9 Å². The molecule has 48 valence electrons. The first-order valence-electron chi connectivity index (χ1n) is 2.65. The minimum Gasteiger partial charge on any atom is -0.323 e. The van der Waals surface area contributed by atoms with Gasteiger partial charge in [-0.3, -0.25) is 0 Å². The lowest BCUT2D eigenvalue weighted by Crippen LogP contribution is -2.43. The van der Waals surface area contributed by atoms with E-state index in [0.29, 0.717) is 4.83 Å². The van der Waals surface area contributed by atoms with Gasteiger partial charge in [-0.15, -0.1) is 0 Å². The molecule has 0 N–H and O–H groups in total. The Kier molecular flexibility index (Phi) is 1.90. The van der Waals surface area contributed by atoms with Crippen LogP contribution in [0.3, 0.4) is 0 Å². The average Bonchev–Trinajstić information content (AvgIpc) is 1.57. The second-order valence-corrected chi connectivity index (χ2v) is 3.33. The molecule has 2 nitrogen and oxygen atoms in total. The van der Waals surface area contributed by atoms with Crippen molar-refractivity contribution in [1.29, 1.82) is 0 Å². The minimum absolute atomic E-state index is 0.000000000000000222. The zero-order valence-electron chi connectivity index (χ0n) is 4.93. The van der Waals surface area contributed by atoms with Crippen molar-refractivity contribution in [1.82, 2.24) is 0 Å². The van der Waals surface area contributed by atoms with E-state index in [1.165, 1.54) is 0 Å². The zero-order chi connectivity index (χ0) is 6.15. The monoisotopic (exact) mass is 180 g/mol. The van der Waals surface area contributed by atoms with Crippen LogP contribution in [0.2, 0.25) is 0 Å². The third kappa shape index (κ3) is 1.21. The van der Waals surface area contributed by atoms with Crippen LogP contribution in [0.5, 0.6) is 0 Å². The van der Waals surface area contributed by atoms with E-state index in [9.17, 15) is 0 Å². The second kappa shape index (κ2) is 2.33. The lowest BCUT2D eigenvalue weighted by Gasteiger charge is -2.35. The highest BCUT2D eigenvalue weighted by atomic mass is 79.9. The fourth-order valence-corrected chi connectivity index (χ4v) is 0.854. The van der Waals surface area contributed by atoms with E-state index >= 15 is 0 Å². The van der Waals surface area contributed by atoms with Crippen LogP contribution in [-0.4, -0.2) is 17.4 Å². The summed E-state index contributed by atoms with van der Waals surface area (Å²) in [6, 6.07) is 0. The molecule has 1 aliphatic rings. The predicted molar refractivity (Wildman–Crippen MR) is 33.8 cm³/mol. The van der Waals surface area contributed by atoms with Gasteiger partial charge in [0.2, 0.25) is 0 Å². The molecule has 3 heteroatoms. The topological polar surface area (TPSA) is 18.5 Å². The zero-order valence-corrected chi connectivity index (χ0v) is 6.51. The molecule has 0 aromatic carbocycles. The van der Waals surface area contributed by atoms with Crippen LogP contribution in [0.25, 0.3) is 0 Å². The summed E-state index contributed by atoms with van der Waals surface area (Å²) < 4.78 is 10.3. The maximum Gasteiger partial charge on any atom is 0.175 e. The summed E-state index contributed by atoms with van der Waals surface area (Å²) in [5.74, 6) is 0. The van der Waals surface area contributed by atoms with E-state index in [-0.39, 0.29) is 12.6 Å². The van der Waals surface area contributed by atoms with Gasteiger partial charge in [0.1, 0.15) is 0 Å². The Hall–Kier alpha value is 0.400. The maximum absolute atomic E-state index is 5.13. The Bertz CT molecular complexity index is 78.5. The highest BCUT2D eigenvalue weighted by Crippen LogP contribution is 2.22. The normalized spacial score (nSPS) is 40.9. The minimum atomic E-state index is -0.0231. The van der Waals surface area contributed by atoms with Gasteiger partial charge in [-0.1, -0.05) is 15.9 Å². The van der Waals surface area contributed by atoms with E-state index in [1.54, 1.807) is 0 Å². The van der Waals surface area contributed by atoms with Gasteiger partial charge in [-0.2, -0.15) is 0 Å². The summed E-state index contributed by atoms with van der Waals surface area (Å²) in [5, 5.41) is 0. The van der Waals surface area contributed by atoms with Crippen molar-refractivity contribution in [3.05, 3.63) is 0 Å². The lowest BCUT2D eigenvalue weighted by molar-refractivity contribution is -0.372. The van der Waals surface area contributed by atoms with Crippen molar-refractivity contribution in [2.24, 2.45) is 0 Å². The number of halogens is 1. The first-order valence-corrected chi connectivity index (χ1v) is 3.56. The van der Waals surface area contributed by atoms with Gasteiger partial charge < -0.3 is 9.47 Å². The standard InChI is InChI=1S/C5H9BrO2/c1-3(6)5-7-4(2)8-5/h3-5H,1-2H3. The molecular formula is C5H9BrO2. The molecule has 0 amide bonds. The molecule has 1 unspecified atom stereocenters. The SMILES string of the molecule is CC1OC(C(C)Br)O1. The van der Waals surface area contributed by atoms with Crippen molar-refractivity contribution in [2.75, 3.05) is 0 Å². The van der Waals surface area contributed by atoms with E-state index < -0.39 is 0 Å². The first kappa shape index (κ1) is 6.52. The van der Waals surface area contributed by atoms with E-state index in [1.807, 2.05) is 13.8 Å². The van der Waals surface area contributed by atoms with Gasteiger partial charge in [0.05, 0.1) is 4.83 Å². The molecule has 0 radical (unpaired) electrons. The molecule has 0 saturated carbocycles. The summed E-state index contributed by atoms with van der Waals surface area (Å²) in [6.45, 7) is 3.88. The molecule has 1 atom stereocenters. The maximum atomic E-state index is 5.13. The molecule has 0 aromatic heterocycles. The molecule has 1 aliphatic heterocycles. The number of hydrogen-bond donors (Lipinski definition) is 0. The highest BCUT2D eigenvalue weighted by Gasteiger charge is 2.30. The fourth-order valence-electron chi connectivity index (χ4n) is 0.604. The molecule has 1 rings (SSSR count). The van der Waals surface area contributed by atoms with Crippen molar-refractivity contribution in [3.8, 4) is 0 Å². The second-order valence-electron chi connectivity index (χ2n) is 1.89. The van der Waals surface area contributed by atoms with Gasteiger partial charge in [0.15, 0.2) is 12.6 Å². The van der Waals surface area contributed by atoms with Gasteiger partial charge in [0, 0.05) is 0 Å². The summed E-state index contributed by atoms with van der Waals surface area (Å²) >= 11 is 3.33. The van der Waals surface area contributed by atoms with Crippen LogP contribution in [0.4, 0.5) is 0 Å². The van der Waals surface area contributed by atoms with Crippen LogP contribution in [-0.2, 0) is 9.47 Å². The lowest BCUT2D eigenvalue weighted by atomic mass is 10.4. The smallest absolute Gasteiger partial charge is 0.175 e. The van der Waals surface area contributed by atoms with Crippen LogP contribution < -0.4 is 0 Å². The highest BCUT2D eigenvalue weighted by molar-refractivity contribution is 9.09. The molecule has 1 fully saturated rings. The van der Waals surface area contributed by atoms with Gasteiger partial charge in [-0.25, -0.2) is 0 Å².